The molecule has 2 heterocycles. The van der Waals surface area contributed by atoms with Gasteiger partial charge in [0, 0.05) is 25.2 Å². The van der Waals surface area contributed by atoms with E-state index in [1.54, 1.807) is 30.2 Å². The highest BCUT2D eigenvalue weighted by Crippen LogP contribution is 2.17. The first-order valence-electron chi connectivity index (χ1n) is 10.8. The number of benzene rings is 2. The molecule has 4 rings (SSSR count). The van der Waals surface area contributed by atoms with Crippen molar-refractivity contribution in [1.82, 2.24) is 30.0 Å². The molecule has 2 amide bonds. The van der Waals surface area contributed by atoms with Gasteiger partial charge in [0.05, 0.1) is 26.4 Å². The Hall–Kier alpha value is -3.86. The molecular weight excluding hydrogens is 443 g/mol. The van der Waals surface area contributed by atoms with Crippen LogP contribution in [-0.4, -0.2) is 74.7 Å². The van der Waals surface area contributed by atoms with Gasteiger partial charge in [-0.2, -0.15) is 0 Å². The third-order valence-electron chi connectivity index (χ3n) is 5.53. The summed E-state index contributed by atoms with van der Waals surface area (Å²) in [5.41, 5.74) is 1.32. The maximum Gasteiger partial charge on any atom is 0.245 e. The van der Waals surface area contributed by atoms with Crippen LogP contribution in [0.15, 0.2) is 54.9 Å². The van der Waals surface area contributed by atoms with Gasteiger partial charge in [-0.3, -0.25) is 9.59 Å². The van der Waals surface area contributed by atoms with Crippen molar-refractivity contribution in [3.05, 3.63) is 71.8 Å². The van der Waals surface area contributed by atoms with Gasteiger partial charge in [-0.05, 0) is 34.2 Å². The van der Waals surface area contributed by atoms with Crippen LogP contribution in [-0.2, 0) is 34.0 Å². The van der Waals surface area contributed by atoms with Crippen LogP contribution in [0.25, 0.3) is 0 Å². The zero-order valence-electron chi connectivity index (χ0n) is 18.7. The highest BCUT2D eigenvalue weighted by Gasteiger charge is 2.31. The summed E-state index contributed by atoms with van der Waals surface area (Å²) in [6.45, 7) is 0.609. The lowest BCUT2D eigenvalue weighted by atomic mass is 10.2. The molecule has 178 valence electrons. The molecule has 0 radical (unpaired) electrons. The maximum absolute atomic E-state index is 14.1. The molecule has 1 atom stereocenters. The van der Waals surface area contributed by atoms with Gasteiger partial charge in [0.25, 0.3) is 0 Å². The third kappa shape index (κ3) is 5.93. The molecule has 11 heteroatoms. The van der Waals surface area contributed by atoms with Crippen LogP contribution in [0.2, 0.25) is 0 Å². The Morgan fingerprint density at radius 2 is 1.94 bits per heavy atom. The number of halogens is 1. The van der Waals surface area contributed by atoms with Crippen LogP contribution < -0.4 is 4.74 Å². The Morgan fingerprint density at radius 3 is 2.65 bits per heavy atom. The van der Waals surface area contributed by atoms with Crippen LogP contribution in [0, 0.1) is 5.82 Å². The Labute approximate surface area is 195 Å². The van der Waals surface area contributed by atoms with Crippen LogP contribution in [0.3, 0.4) is 0 Å². The summed E-state index contributed by atoms with van der Waals surface area (Å²) in [4.78, 5) is 29.0. The summed E-state index contributed by atoms with van der Waals surface area (Å²) in [5, 5.41) is 10.8. The smallest absolute Gasteiger partial charge is 0.245 e. The molecule has 10 nitrogen and oxygen atoms in total. The summed E-state index contributed by atoms with van der Waals surface area (Å²) < 4.78 is 26.6. The van der Waals surface area contributed by atoms with Crippen molar-refractivity contribution in [3.63, 3.8) is 0 Å². The number of rotatable bonds is 8. The minimum absolute atomic E-state index is 0.0247. The molecule has 0 bridgehead atoms. The fourth-order valence-corrected chi connectivity index (χ4v) is 3.69. The Bertz CT molecular complexity index is 1110. The van der Waals surface area contributed by atoms with E-state index in [2.05, 4.69) is 15.5 Å². The number of ether oxygens (including phenoxy) is 2. The Kier molecular flexibility index (Phi) is 7.43. The molecule has 1 aliphatic rings. The normalized spacial score (nSPS) is 16.4. The van der Waals surface area contributed by atoms with Gasteiger partial charge in [-0.1, -0.05) is 30.3 Å². The van der Waals surface area contributed by atoms with E-state index in [0.29, 0.717) is 12.1 Å². The lowest BCUT2D eigenvalue weighted by Gasteiger charge is -2.25. The van der Waals surface area contributed by atoms with Gasteiger partial charge in [0.2, 0.25) is 11.8 Å². The molecule has 1 aromatic heterocycles. The molecule has 3 aromatic rings. The summed E-state index contributed by atoms with van der Waals surface area (Å²) in [5.74, 6) is -0.172. The average Bonchev–Trinajstić information content (AvgIpc) is 3.30. The number of amides is 2. The monoisotopic (exact) mass is 468 g/mol. The van der Waals surface area contributed by atoms with E-state index in [1.165, 1.54) is 22.0 Å². The van der Waals surface area contributed by atoms with Crippen LogP contribution in [0.5, 0.6) is 5.75 Å². The quantitative estimate of drug-likeness (QED) is 0.491. The predicted molar refractivity (Wildman–Crippen MR) is 118 cm³/mol. The van der Waals surface area contributed by atoms with Gasteiger partial charge < -0.3 is 19.3 Å². The maximum atomic E-state index is 14.1. The number of carbonyl (C=O) groups is 2. The van der Waals surface area contributed by atoms with Crippen LogP contribution >= 0.6 is 0 Å². The summed E-state index contributed by atoms with van der Waals surface area (Å²) >= 11 is 0. The standard InChI is InChI=1S/C23H25FN6O4/c1-33-19-8-6-17(7-9-19)10-28-11-20(34-15-18-4-2-3-5-21(18)24)12-29(13-22(28)31)23(32)14-30-16-25-26-27-30/h2-9,16,20H,10-15H2,1H3. The van der Waals surface area contributed by atoms with Crippen molar-refractivity contribution in [2.24, 2.45) is 0 Å². The number of methoxy groups -OCH3 is 1. The minimum Gasteiger partial charge on any atom is -0.497 e. The fourth-order valence-electron chi connectivity index (χ4n) is 3.69. The molecule has 0 saturated carbocycles. The van der Waals surface area contributed by atoms with Gasteiger partial charge in [-0.25, -0.2) is 9.07 Å². The number of hydrogen-bond acceptors (Lipinski definition) is 7. The van der Waals surface area contributed by atoms with Gasteiger partial charge >= 0.3 is 0 Å². The van der Waals surface area contributed by atoms with Crippen molar-refractivity contribution in [2.75, 3.05) is 26.7 Å². The first kappa shape index (κ1) is 23.3. The van der Waals surface area contributed by atoms with E-state index >= 15 is 0 Å². The second-order valence-electron chi connectivity index (χ2n) is 7.93. The molecule has 1 fully saturated rings. The molecule has 0 aliphatic carbocycles. The first-order valence-corrected chi connectivity index (χ1v) is 10.8. The summed E-state index contributed by atoms with van der Waals surface area (Å²) in [6, 6.07) is 13.8. The average molecular weight is 468 g/mol. The first-order chi connectivity index (χ1) is 16.5. The van der Waals surface area contributed by atoms with Crippen molar-refractivity contribution in [1.29, 1.82) is 0 Å². The van der Waals surface area contributed by atoms with E-state index < -0.39 is 6.10 Å². The minimum atomic E-state index is -0.512. The number of carbonyl (C=O) groups excluding carboxylic acids is 2. The third-order valence-corrected chi connectivity index (χ3v) is 5.53. The highest BCUT2D eigenvalue weighted by atomic mass is 19.1. The van der Waals surface area contributed by atoms with E-state index in [0.717, 1.165) is 11.3 Å². The second kappa shape index (κ2) is 10.8. The molecule has 0 N–H and O–H groups in total. The molecular formula is C23H25FN6O4. The topological polar surface area (TPSA) is 103 Å². The Balaban J connectivity index is 1.50. The molecule has 2 aromatic carbocycles. The number of nitrogens with zero attached hydrogens (tertiary/aromatic N) is 6. The van der Waals surface area contributed by atoms with E-state index in [1.807, 2.05) is 24.3 Å². The van der Waals surface area contributed by atoms with Crippen LogP contribution in [0.1, 0.15) is 11.1 Å². The van der Waals surface area contributed by atoms with Crippen molar-refractivity contribution < 1.29 is 23.5 Å². The zero-order valence-corrected chi connectivity index (χ0v) is 18.7. The van der Waals surface area contributed by atoms with E-state index in [9.17, 15) is 14.0 Å². The van der Waals surface area contributed by atoms with Gasteiger partial charge in [0.1, 0.15) is 24.4 Å². The number of tetrazole rings is 1. The summed E-state index contributed by atoms with van der Waals surface area (Å²) in [7, 11) is 1.59. The summed E-state index contributed by atoms with van der Waals surface area (Å²) in [6.07, 6.45) is 0.821. The predicted octanol–water partition coefficient (Wildman–Crippen LogP) is 1.28. The van der Waals surface area contributed by atoms with E-state index in [-0.39, 0.29) is 50.4 Å². The van der Waals surface area contributed by atoms with Gasteiger partial charge in [-0.15, -0.1) is 5.10 Å². The van der Waals surface area contributed by atoms with Crippen molar-refractivity contribution in [2.45, 2.75) is 25.8 Å². The van der Waals surface area contributed by atoms with Crippen molar-refractivity contribution in [3.8, 4) is 5.75 Å². The number of aromatic nitrogens is 4. The SMILES string of the molecule is COc1ccc(CN2CC(OCc3ccccc3F)CN(C(=O)Cn3cnnn3)CC2=O)cc1. The van der Waals surface area contributed by atoms with E-state index in [4.69, 9.17) is 9.47 Å². The molecule has 34 heavy (non-hydrogen) atoms. The molecule has 1 aliphatic heterocycles. The Morgan fingerprint density at radius 1 is 1.15 bits per heavy atom. The van der Waals surface area contributed by atoms with Gasteiger partial charge in [0.15, 0.2) is 0 Å². The van der Waals surface area contributed by atoms with Crippen molar-refractivity contribution >= 4 is 11.8 Å². The highest BCUT2D eigenvalue weighted by molar-refractivity contribution is 5.85. The molecule has 1 unspecified atom stereocenters. The number of hydrogen-bond donors (Lipinski definition) is 0. The largest absolute Gasteiger partial charge is 0.497 e. The molecule has 0 spiro atoms. The lowest BCUT2D eigenvalue weighted by Crippen LogP contribution is -2.41. The van der Waals surface area contributed by atoms with Crippen LogP contribution in [0.4, 0.5) is 4.39 Å². The lowest BCUT2D eigenvalue weighted by molar-refractivity contribution is -0.139. The fraction of sp³-hybridized carbons (Fsp3) is 0.348. The molecule has 1 saturated heterocycles. The second-order valence-corrected chi connectivity index (χ2v) is 7.93. The zero-order chi connectivity index (χ0) is 23.9.